The van der Waals surface area contributed by atoms with Crippen molar-refractivity contribution in [1.82, 2.24) is 10.3 Å². The normalized spacial score (nSPS) is 18.7. The first kappa shape index (κ1) is 12.2. The van der Waals surface area contributed by atoms with Gasteiger partial charge < -0.3 is 10.1 Å². The first-order chi connectivity index (χ1) is 9.36. The van der Waals surface area contributed by atoms with E-state index in [9.17, 15) is 0 Å². The minimum absolute atomic E-state index is 0.197. The first-order valence-corrected chi connectivity index (χ1v) is 6.67. The number of para-hydroxylation sites is 1. The number of hydrogen-bond donors (Lipinski definition) is 1. The van der Waals surface area contributed by atoms with Crippen molar-refractivity contribution in [3.05, 3.63) is 59.9 Å². The van der Waals surface area contributed by atoms with Gasteiger partial charge in [0.05, 0.1) is 0 Å². The number of pyridine rings is 1. The number of nitrogens with one attached hydrogen (secondary N) is 1. The Hall–Kier alpha value is -1.87. The Kier molecular flexibility index (Phi) is 3.47. The van der Waals surface area contributed by atoms with Gasteiger partial charge in [0.25, 0.3) is 0 Å². The van der Waals surface area contributed by atoms with Crippen LogP contribution in [0.4, 0.5) is 0 Å². The topological polar surface area (TPSA) is 34.2 Å². The number of nitrogens with zero attached hydrogens (tertiary/aromatic N) is 1. The van der Waals surface area contributed by atoms with Gasteiger partial charge in [-0.05, 0) is 36.7 Å². The van der Waals surface area contributed by atoms with E-state index in [0.29, 0.717) is 6.04 Å². The summed E-state index contributed by atoms with van der Waals surface area (Å²) in [5.41, 5.74) is 2.54. The van der Waals surface area contributed by atoms with E-state index in [4.69, 9.17) is 4.74 Å². The van der Waals surface area contributed by atoms with Crippen LogP contribution in [0.25, 0.3) is 0 Å². The lowest BCUT2D eigenvalue weighted by atomic mass is 9.99. The van der Waals surface area contributed by atoms with Gasteiger partial charge in [0.2, 0.25) is 0 Å². The third kappa shape index (κ3) is 2.61. The van der Waals surface area contributed by atoms with Crippen LogP contribution >= 0.6 is 0 Å². The lowest BCUT2D eigenvalue weighted by Gasteiger charge is -2.22. The molecule has 1 N–H and O–H groups in total. The molecule has 2 heterocycles. The van der Waals surface area contributed by atoms with Crippen LogP contribution in [-0.4, -0.2) is 24.2 Å². The highest BCUT2D eigenvalue weighted by Gasteiger charge is 2.29. The molecule has 3 rings (SSSR count). The molecule has 98 valence electrons. The summed E-state index contributed by atoms with van der Waals surface area (Å²) in [6, 6.07) is 12.7. The Labute approximate surface area is 113 Å². The molecule has 0 saturated carbocycles. The highest BCUT2D eigenvalue weighted by molar-refractivity contribution is 5.37. The van der Waals surface area contributed by atoms with Gasteiger partial charge in [-0.3, -0.25) is 4.98 Å². The van der Waals surface area contributed by atoms with E-state index in [1.807, 2.05) is 31.4 Å². The Balaban J connectivity index is 1.71. The summed E-state index contributed by atoms with van der Waals surface area (Å²) in [4.78, 5) is 4.17. The smallest absolute Gasteiger partial charge is 0.123 e. The molecule has 0 aliphatic carbocycles. The van der Waals surface area contributed by atoms with Crippen molar-refractivity contribution in [2.75, 3.05) is 7.05 Å². The van der Waals surface area contributed by atoms with Crippen LogP contribution in [0.3, 0.4) is 0 Å². The molecule has 2 unspecified atom stereocenters. The molecule has 0 bridgehead atoms. The fourth-order valence-electron chi connectivity index (χ4n) is 2.63. The molecular formula is C16H18N2O. The molecule has 3 nitrogen and oxygen atoms in total. The molecule has 0 saturated heterocycles. The predicted octanol–water partition coefficient (Wildman–Crippen LogP) is 2.22. The number of fused-ring (bicyclic) bond motifs is 1. The molecule has 3 heteroatoms. The van der Waals surface area contributed by atoms with Crippen molar-refractivity contribution in [3.63, 3.8) is 0 Å². The minimum Gasteiger partial charge on any atom is -0.488 e. The van der Waals surface area contributed by atoms with Gasteiger partial charge in [-0.1, -0.05) is 24.3 Å². The fraction of sp³-hybridized carbons (Fsp3) is 0.312. The van der Waals surface area contributed by atoms with E-state index >= 15 is 0 Å². The van der Waals surface area contributed by atoms with Crippen molar-refractivity contribution in [2.24, 2.45) is 0 Å². The number of benzene rings is 1. The third-order valence-corrected chi connectivity index (χ3v) is 3.67. The van der Waals surface area contributed by atoms with Crippen LogP contribution in [0.15, 0.2) is 48.8 Å². The summed E-state index contributed by atoms with van der Waals surface area (Å²) in [6.45, 7) is 0. The molecule has 0 radical (unpaired) electrons. The molecule has 1 aliphatic rings. The number of hydrogen-bond acceptors (Lipinski definition) is 3. The minimum atomic E-state index is 0.197. The second-order valence-corrected chi connectivity index (χ2v) is 4.93. The number of aromatic nitrogens is 1. The van der Waals surface area contributed by atoms with Crippen molar-refractivity contribution in [1.29, 1.82) is 0 Å². The van der Waals surface area contributed by atoms with Crippen LogP contribution in [-0.2, 0) is 12.8 Å². The summed E-state index contributed by atoms with van der Waals surface area (Å²) in [7, 11) is 1.99. The summed E-state index contributed by atoms with van der Waals surface area (Å²) < 4.78 is 6.05. The van der Waals surface area contributed by atoms with E-state index in [1.165, 1.54) is 11.1 Å². The Morgan fingerprint density at radius 1 is 1.32 bits per heavy atom. The van der Waals surface area contributed by atoms with Gasteiger partial charge in [-0.2, -0.15) is 0 Å². The maximum absolute atomic E-state index is 6.05. The number of likely N-dealkylation sites (N-methyl/N-ethyl adjacent to an activating group) is 1. The largest absolute Gasteiger partial charge is 0.488 e. The molecular weight excluding hydrogens is 236 g/mol. The maximum atomic E-state index is 6.05. The van der Waals surface area contributed by atoms with Crippen LogP contribution in [0.1, 0.15) is 11.1 Å². The van der Waals surface area contributed by atoms with Crippen molar-refractivity contribution < 1.29 is 4.74 Å². The highest BCUT2D eigenvalue weighted by atomic mass is 16.5. The van der Waals surface area contributed by atoms with Crippen LogP contribution in [0, 0.1) is 0 Å². The molecule has 0 spiro atoms. The molecule has 0 amide bonds. The molecule has 19 heavy (non-hydrogen) atoms. The van der Waals surface area contributed by atoms with Crippen LogP contribution < -0.4 is 10.1 Å². The van der Waals surface area contributed by atoms with Crippen LogP contribution in [0.2, 0.25) is 0 Å². The Bertz CT molecular complexity index is 516. The van der Waals surface area contributed by atoms with E-state index < -0.39 is 0 Å². The molecule has 1 aromatic carbocycles. The molecule has 2 aromatic rings. The summed E-state index contributed by atoms with van der Waals surface area (Å²) in [5, 5.41) is 3.37. The summed E-state index contributed by atoms with van der Waals surface area (Å²) >= 11 is 0. The van der Waals surface area contributed by atoms with E-state index in [1.54, 1.807) is 6.20 Å². The highest BCUT2D eigenvalue weighted by Crippen LogP contribution is 2.30. The monoisotopic (exact) mass is 254 g/mol. The third-order valence-electron chi connectivity index (χ3n) is 3.67. The van der Waals surface area contributed by atoms with Gasteiger partial charge in [0, 0.05) is 24.9 Å². The second kappa shape index (κ2) is 5.41. The number of rotatable bonds is 4. The fourth-order valence-corrected chi connectivity index (χ4v) is 2.63. The first-order valence-electron chi connectivity index (χ1n) is 6.67. The Morgan fingerprint density at radius 2 is 2.21 bits per heavy atom. The van der Waals surface area contributed by atoms with Crippen molar-refractivity contribution >= 4 is 0 Å². The van der Waals surface area contributed by atoms with Gasteiger partial charge >= 0.3 is 0 Å². The second-order valence-electron chi connectivity index (χ2n) is 4.93. The summed E-state index contributed by atoms with van der Waals surface area (Å²) in [5.74, 6) is 1.03. The van der Waals surface area contributed by atoms with Gasteiger partial charge in [-0.15, -0.1) is 0 Å². The molecule has 0 fully saturated rings. The quantitative estimate of drug-likeness (QED) is 0.908. The van der Waals surface area contributed by atoms with E-state index in [2.05, 4.69) is 28.5 Å². The zero-order valence-electron chi connectivity index (χ0n) is 11.0. The van der Waals surface area contributed by atoms with E-state index in [0.717, 1.165) is 18.6 Å². The van der Waals surface area contributed by atoms with Crippen LogP contribution in [0.5, 0.6) is 5.75 Å². The zero-order chi connectivity index (χ0) is 13.1. The average molecular weight is 254 g/mol. The maximum Gasteiger partial charge on any atom is 0.123 e. The molecule has 2 atom stereocenters. The Morgan fingerprint density at radius 3 is 2.95 bits per heavy atom. The van der Waals surface area contributed by atoms with Gasteiger partial charge in [0.1, 0.15) is 11.9 Å². The van der Waals surface area contributed by atoms with Crippen molar-refractivity contribution in [3.8, 4) is 5.75 Å². The van der Waals surface area contributed by atoms with Crippen molar-refractivity contribution in [2.45, 2.75) is 25.0 Å². The molecule has 1 aromatic heterocycles. The average Bonchev–Trinajstić information content (AvgIpc) is 2.89. The molecule has 1 aliphatic heterocycles. The lowest BCUT2D eigenvalue weighted by Crippen LogP contribution is -2.42. The van der Waals surface area contributed by atoms with Gasteiger partial charge in [-0.25, -0.2) is 0 Å². The predicted molar refractivity (Wildman–Crippen MR) is 75.4 cm³/mol. The van der Waals surface area contributed by atoms with E-state index in [-0.39, 0.29) is 6.10 Å². The zero-order valence-corrected chi connectivity index (χ0v) is 11.0. The SMILES string of the molecule is CNC(Cc1cccnc1)C1Cc2ccccc2O1. The number of ether oxygens (including phenoxy) is 1. The standard InChI is InChI=1S/C16H18N2O/c1-17-14(9-12-5-4-8-18-11-12)16-10-13-6-2-3-7-15(13)19-16/h2-8,11,14,16-17H,9-10H2,1H3. The van der Waals surface area contributed by atoms with Gasteiger partial charge in [0.15, 0.2) is 0 Å². The summed E-state index contributed by atoms with van der Waals surface area (Å²) in [6.07, 6.45) is 5.83. The lowest BCUT2D eigenvalue weighted by molar-refractivity contribution is 0.182.